The second kappa shape index (κ2) is 4.01. The summed E-state index contributed by atoms with van der Waals surface area (Å²) >= 11 is 0. The molecule has 0 bridgehead atoms. The van der Waals surface area contributed by atoms with Crippen LogP contribution in [0.15, 0.2) is 0 Å². The van der Waals surface area contributed by atoms with Crippen molar-refractivity contribution >= 4 is 0 Å². The Hall–Kier alpha value is -0.0400. The van der Waals surface area contributed by atoms with E-state index < -0.39 is 0 Å². The Balaban J connectivity index is 1.50. The highest BCUT2D eigenvalue weighted by Gasteiger charge is 2.53. The molecule has 0 spiro atoms. The van der Waals surface area contributed by atoms with E-state index >= 15 is 0 Å². The van der Waals surface area contributed by atoms with Crippen LogP contribution in [0, 0.1) is 23.2 Å². The van der Waals surface area contributed by atoms with Crippen LogP contribution >= 0.6 is 0 Å². The molecule has 0 heterocycles. The maximum atomic E-state index is 3.93. The quantitative estimate of drug-likeness (QED) is 0.765. The van der Waals surface area contributed by atoms with E-state index in [1.807, 2.05) is 0 Å². The zero-order chi connectivity index (χ0) is 11.2. The van der Waals surface area contributed by atoms with Crippen molar-refractivity contribution in [3.05, 3.63) is 0 Å². The highest BCUT2D eigenvalue weighted by atomic mass is 15.0. The van der Waals surface area contributed by atoms with Gasteiger partial charge in [0.15, 0.2) is 0 Å². The summed E-state index contributed by atoms with van der Waals surface area (Å²) in [5.41, 5.74) is 0.778. The number of hydrogen-bond acceptors (Lipinski definition) is 1. The number of rotatable bonds is 4. The van der Waals surface area contributed by atoms with E-state index in [2.05, 4.69) is 19.2 Å². The van der Waals surface area contributed by atoms with Gasteiger partial charge in [0.2, 0.25) is 0 Å². The molecule has 3 aliphatic carbocycles. The van der Waals surface area contributed by atoms with Gasteiger partial charge in [0, 0.05) is 12.6 Å². The Bertz CT molecular complexity index is 252. The molecule has 3 atom stereocenters. The van der Waals surface area contributed by atoms with Crippen LogP contribution in [0.5, 0.6) is 0 Å². The lowest BCUT2D eigenvalue weighted by atomic mass is 9.78. The Morgan fingerprint density at radius 1 is 1.06 bits per heavy atom. The molecule has 1 heteroatoms. The van der Waals surface area contributed by atoms with Crippen molar-refractivity contribution in [2.75, 3.05) is 6.54 Å². The Labute approximate surface area is 100 Å². The lowest BCUT2D eigenvalue weighted by Crippen LogP contribution is -2.43. The fourth-order valence-corrected chi connectivity index (χ4v) is 3.79. The van der Waals surface area contributed by atoms with Crippen molar-refractivity contribution in [3.8, 4) is 0 Å². The first-order valence-electron chi connectivity index (χ1n) is 7.45. The average molecular weight is 221 g/mol. The standard InChI is InChI=1S/C15H27N/c1-11-4-3-5-14(12(11)2)16-10-15(8-9-15)13-6-7-13/h11-14,16H,3-10H2,1-2H3. The summed E-state index contributed by atoms with van der Waals surface area (Å²) in [6.45, 7) is 6.23. The topological polar surface area (TPSA) is 12.0 Å². The average Bonchev–Trinajstić information content (AvgIpc) is 3.14. The molecule has 0 aliphatic heterocycles. The monoisotopic (exact) mass is 221 g/mol. The normalized spacial score (nSPS) is 42.0. The van der Waals surface area contributed by atoms with Gasteiger partial charge < -0.3 is 5.32 Å². The van der Waals surface area contributed by atoms with E-state index in [1.54, 1.807) is 0 Å². The molecule has 0 amide bonds. The highest BCUT2D eigenvalue weighted by molar-refractivity contribution is 5.05. The van der Waals surface area contributed by atoms with Gasteiger partial charge >= 0.3 is 0 Å². The van der Waals surface area contributed by atoms with Gasteiger partial charge in [-0.3, -0.25) is 0 Å². The first-order valence-corrected chi connectivity index (χ1v) is 7.45. The summed E-state index contributed by atoms with van der Waals surface area (Å²) in [6.07, 6.45) is 10.4. The van der Waals surface area contributed by atoms with Crippen LogP contribution in [0.3, 0.4) is 0 Å². The predicted octanol–water partition coefficient (Wildman–Crippen LogP) is 3.59. The molecule has 1 nitrogen and oxygen atoms in total. The van der Waals surface area contributed by atoms with Crippen LogP contribution in [-0.2, 0) is 0 Å². The first-order chi connectivity index (χ1) is 7.71. The molecule has 3 unspecified atom stereocenters. The highest BCUT2D eigenvalue weighted by Crippen LogP contribution is 2.60. The van der Waals surface area contributed by atoms with Crippen LogP contribution in [0.2, 0.25) is 0 Å². The molecular formula is C15H27N. The van der Waals surface area contributed by atoms with Crippen molar-refractivity contribution < 1.29 is 0 Å². The molecule has 92 valence electrons. The minimum atomic E-state index is 0.778. The third-order valence-corrected chi connectivity index (χ3v) is 5.76. The van der Waals surface area contributed by atoms with Crippen molar-refractivity contribution in [3.63, 3.8) is 0 Å². The molecular weight excluding hydrogens is 194 g/mol. The third-order valence-electron chi connectivity index (χ3n) is 5.76. The van der Waals surface area contributed by atoms with Gasteiger partial charge in [0.1, 0.15) is 0 Å². The molecule has 3 fully saturated rings. The van der Waals surface area contributed by atoms with E-state index in [1.165, 1.54) is 51.5 Å². The van der Waals surface area contributed by atoms with Crippen LogP contribution < -0.4 is 5.32 Å². The first kappa shape index (κ1) is 11.1. The number of hydrogen-bond donors (Lipinski definition) is 1. The summed E-state index contributed by atoms with van der Waals surface area (Å²) in [5, 5.41) is 3.93. The molecule has 0 aromatic heterocycles. The van der Waals surface area contributed by atoms with Crippen LogP contribution in [0.1, 0.15) is 58.8 Å². The van der Waals surface area contributed by atoms with Crippen molar-refractivity contribution in [2.45, 2.75) is 64.8 Å². The second-order valence-corrected chi connectivity index (χ2v) is 6.89. The van der Waals surface area contributed by atoms with Crippen LogP contribution in [0.4, 0.5) is 0 Å². The summed E-state index contributed by atoms with van der Waals surface area (Å²) in [6, 6.07) is 0.819. The van der Waals surface area contributed by atoms with Crippen molar-refractivity contribution in [2.24, 2.45) is 23.2 Å². The summed E-state index contributed by atoms with van der Waals surface area (Å²) in [5.74, 6) is 2.93. The molecule has 1 N–H and O–H groups in total. The van der Waals surface area contributed by atoms with Gasteiger partial charge in [0.25, 0.3) is 0 Å². The maximum absolute atomic E-state index is 3.93. The fraction of sp³-hybridized carbons (Fsp3) is 1.00. The van der Waals surface area contributed by atoms with E-state index in [9.17, 15) is 0 Å². The van der Waals surface area contributed by atoms with E-state index in [-0.39, 0.29) is 0 Å². The minimum Gasteiger partial charge on any atom is -0.313 e. The molecule has 0 aromatic rings. The zero-order valence-corrected chi connectivity index (χ0v) is 11.0. The lowest BCUT2D eigenvalue weighted by Gasteiger charge is -2.35. The van der Waals surface area contributed by atoms with Crippen LogP contribution in [0.25, 0.3) is 0 Å². The van der Waals surface area contributed by atoms with E-state index in [0.29, 0.717) is 0 Å². The predicted molar refractivity (Wildman–Crippen MR) is 68.4 cm³/mol. The summed E-state index contributed by atoms with van der Waals surface area (Å²) in [4.78, 5) is 0. The van der Waals surface area contributed by atoms with Crippen molar-refractivity contribution in [1.29, 1.82) is 0 Å². The van der Waals surface area contributed by atoms with Gasteiger partial charge in [0.05, 0.1) is 0 Å². The molecule has 3 aliphatic rings. The van der Waals surface area contributed by atoms with Crippen LogP contribution in [-0.4, -0.2) is 12.6 Å². The van der Waals surface area contributed by atoms with Gasteiger partial charge in [-0.15, -0.1) is 0 Å². The molecule has 0 saturated heterocycles. The third kappa shape index (κ3) is 2.03. The lowest BCUT2D eigenvalue weighted by molar-refractivity contribution is 0.195. The smallest absolute Gasteiger partial charge is 0.00954 e. The van der Waals surface area contributed by atoms with E-state index in [0.717, 1.165) is 29.2 Å². The zero-order valence-electron chi connectivity index (χ0n) is 11.0. The molecule has 0 radical (unpaired) electrons. The SMILES string of the molecule is CC1CCCC(NCC2(C3CC3)CC2)C1C. The largest absolute Gasteiger partial charge is 0.313 e. The second-order valence-electron chi connectivity index (χ2n) is 6.89. The molecule has 3 saturated carbocycles. The van der Waals surface area contributed by atoms with Gasteiger partial charge in [-0.25, -0.2) is 0 Å². The molecule has 3 rings (SSSR count). The van der Waals surface area contributed by atoms with Gasteiger partial charge in [-0.05, 0) is 55.3 Å². The Morgan fingerprint density at radius 2 is 1.81 bits per heavy atom. The maximum Gasteiger partial charge on any atom is 0.00954 e. The van der Waals surface area contributed by atoms with Gasteiger partial charge in [-0.1, -0.05) is 26.7 Å². The number of nitrogens with one attached hydrogen (secondary N) is 1. The van der Waals surface area contributed by atoms with Gasteiger partial charge in [-0.2, -0.15) is 0 Å². The van der Waals surface area contributed by atoms with E-state index in [4.69, 9.17) is 0 Å². The van der Waals surface area contributed by atoms with Crippen molar-refractivity contribution in [1.82, 2.24) is 5.32 Å². The Kier molecular flexibility index (Phi) is 2.78. The summed E-state index contributed by atoms with van der Waals surface area (Å²) < 4.78 is 0. The minimum absolute atomic E-state index is 0.778. The summed E-state index contributed by atoms with van der Waals surface area (Å²) in [7, 11) is 0. The Morgan fingerprint density at radius 3 is 2.44 bits per heavy atom. The molecule has 0 aromatic carbocycles. The fourth-order valence-electron chi connectivity index (χ4n) is 3.79. The molecule has 16 heavy (non-hydrogen) atoms.